The molecule has 1 aromatic rings. The van der Waals surface area contributed by atoms with Gasteiger partial charge in [0.15, 0.2) is 5.82 Å². The Hall–Kier alpha value is -0.940. The van der Waals surface area contributed by atoms with Crippen LogP contribution in [-0.4, -0.2) is 29.9 Å². The third-order valence-electron chi connectivity index (χ3n) is 3.25. The molecular formula is C12H21N3O2. The summed E-state index contributed by atoms with van der Waals surface area (Å²) in [6.07, 6.45) is 4.23. The van der Waals surface area contributed by atoms with Crippen LogP contribution in [0, 0.1) is 0 Å². The summed E-state index contributed by atoms with van der Waals surface area (Å²) < 4.78 is 10.8. The number of hydrogen-bond donors (Lipinski definition) is 1. The second-order valence-corrected chi connectivity index (χ2v) is 4.63. The minimum atomic E-state index is 0.200. The lowest BCUT2D eigenvalue weighted by Crippen LogP contribution is -2.17. The van der Waals surface area contributed by atoms with E-state index in [0.29, 0.717) is 25.0 Å². The molecule has 2 unspecified atom stereocenters. The van der Waals surface area contributed by atoms with Crippen molar-refractivity contribution in [3.8, 4) is 0 Å². The highest BCUT2D eigenvalue weighted by molar-refractivity contribution is 5.00. The smallest absolute Gasteiger partial charge is 0.231 e. The summed E-state index contributed by atoms with van der Waals surface area (Å²) in [5, 5.41) is 4.07. The van der Waals surface area contributed by atoms with Crippen LogP contribution in [0.4, 0.5) is 0 Å². The molecule has 5 heteroatoms. The quantitative estimate of drug-likeness (QED) is 0.848. The van der Waals surface area contributed by atoms with E-state index in [1.54, 1.807) is 0 Å². The van der Waals surface area contributed by atoms with Gasteiger partial charge in [-0.25, -0.2) is 0 Å². The molecular weight excluding hydrogens is 218 g/mol. The van der Waals surface area contributed by atoms with E-state index in [4.69, 9.17) is 15.0 Å². The number of aromatic nitrogens is 2. The van der Waals surface area contributed by atoms with E-state index in [9.17, 15) is 0 Å². The zero-order valence-corrected chi connectivity index (χ0v) is 10.4. The number of nitrogens with zero attached hydrogens (tertiary/aromatic N) is 2. The first-order chi connectivity index (χ1) is 8.35. The fraction of sp³-hybridized carbons (Fsp3) is 0.833. The van der Waals surface area contributed by atoms with Crippen molar-refractivity contribution in [1.29, 1.82) is 0 Å². The first-order valence-corrected chi connectivity index (χ1v) is 6.46. The summed E-state index contributed by atoms with van der Waals surface area (Å²) in [5.74, 6) is 1.97. The van der Waals surface area contributed by atoms with Crippen LogP contribution in [0.3, 0.4) is 0 Å². The van der Waals surface area contributed by atoms with Crippen molar-refractivity contribution in [2.24, 2.45) is 5.73 Å². The van der Waals surface area contributed by atoms with Gasteiger partial charge in [0.2, 0.25) is 5.89 Å². The highest BCUT2D eigenvalue weighted by Gasteiger charge is 2.23. The molecule has 2 heterocycles. The van der Waals surface area contributed by atoms with Crippen molar-refractivity contribution < 1.29 is 9.26 Å². The van der Waals surface area contributed by atoms with Gasteiger partial charge in [0, 0.05) is 19.1 Å². The first-order valence-electron chi connectivity index (χ1n) is 6.46. The Balaban J connectivity index is 2.03. The largest absolute Gasteiger partial charge is 0.381 e. The predicted molar refractivity (Wildman–Crippen MR) is 63.8 cm³/mol. The molecule has 0 aromatic carbocycles. The van der Waals surface area contributed by atoms with Crippen molar-refractivity contribution in [1.82, 2.24) is 10.1 Å². The van der Waals surface area contributed by atoms with Gasteiger partial charge in [-0.3, -0.25) is 0 Å². The molecule has 2 rings (SSSR count). The maximum absolute atomic E-state index is 5.73. The van der Waals surface area contributed by atoms with E-state index in [1.807, 2.05) is 0 Å². The highest BCUT2D eigenvalue weighted by atomic mass is 16.5. The fourth-order valence-electron chi connectivity index (χ4n) is 2.21. The Bertz CT molecular complexity index is 315. The summed E-state index contributed by atoms with van der Waals surface area (Å²) in [7, 11) is 0. The lowest BCUT2D eigenvalue weighted by Gasteiger charge is -2.18. The van der Waals surface area contributed by atoms with Crippen molar-refractivity contribution in [3.63, 3.8) is 0 Å². The van der Waals surface area contributed by atoms with Crippen molar-refractivity contribution >= 4 is 0 Å². The Labute approximate surface area is 102 Å². The van der Waals surface area contributed by atoms with Gasteiger partial charge in [-0.15, -0.1) is 0 Å². The van der Waals surface area contributed by atoms with E-state index in [0.717, 1.165) is 38.1 Å². The molecule has 2 atom stereocenters. The van der Waals surface area contributed by atoms with Crippen LogP contribution in [-0.2, 0) is 4.74 Å². The predicted octanol–water partition coefficient (Wildman–Crippen LogP) is 1.81. The Morgan fingerprint density at radius 1 is 1.53 bits per heavy atom. The van der Waals surface area contributed by atoms with Gasteiger partial charge in [0.25, 0.3) is 0 Å². The summed E-state index contributed by atoms with van der Waals surface area (Å²) in [6.45, 7) is 4.26. The Kier molecular flexibility index (Phi) is 4.50. The first kappa shape index (κ1) is 12.5. The normalized spacial score (nSPS) is 22.6. The molecule has 1 fully saturated rings. The average molecular weight is 239 g/mol. The lowest BCUT2D eigenvalue weighted by molar-refractivity contribution is 0.0773. The second-order valence-electron chi connectivity index (χ2n) is 4.63. The zero-order chi connectivity index (χ0) is 12.1. The van der Waals surface area contributed by atoms with E-state index in [1.165, 1.54) is 0 Å². The maximum atomic E-state index is 5.73. The van der Waals surface area contributed by atoms with Crippen LogP contribution >= 0.6 is 0 Å². The zero-order valence-electron chi connectivity index (χ0n) is 10.4. The molecule has 5 nitrogen and oxygen atoms in total. The second kappa shape index (κ2) is 6.12. The van der Waals surface area contributed by atoms with E-state index in [-0.39, 0.29) is 5.92 Å². The van der Waals surface area contributed by atoms with Gasteiger partial charge in [-0.2, -0.15) is 4.98 Å². The van der Waals surface area contributed by atoms with Crippen LogP contribution in [0.25, 0.3) is 0 Å². The van der Waals surface area contributed by atoms with Crippen LogP contribution in [0.5, 0.6) is 0 Å². The third kappa shape index (κ3) is 3.04. The van der Waals surface area contributed by atoms with Crippen molar-refractivity contribution in [2.75, 3.05) is 19.8 Å². The molecule has 2 N–H and O–H groups in total. The van der Waals surface area contributed by atoms with Gasteiger partial charge >= 0.3 is 0 Å². The van der Waals surface area contributed by atoms with Gasteiger partial charge in [0.1, 0.15) is 0 Å². The minimum absolute atomic E-state index is 0.200. The molecule has 0 amide bonds. The van der Waals surface area contributed by atoms with Crippen LogP contribution in [0.2, 0.25) is 0 Å². The molecule has 0 aliphatic carbocycles. The van der Waals surface area contributed by atoms with Gasteiger partial charge in [0.05, 0.1) is 12.5 Å². The average Bonchev–Trinajstić information content (AvgIpc) is 2.86. The van der Waals surface area contributed by atoms with E-state index < -0.39 is 0 Å². The van der Waals surface area contributed by atoms with Crippen molar-refractivity contribution in [3.05, 3.63) is 11.7 Å². The standard InChI is InChI=1S/C12H21N3O2/c1-2-4-9(7-13)12-14-11(15-17-12)10-5-3-6-16-8-10/h9-10H,2-8,13H2,1H3. The topological polar surface area (TPSA) is 74.2 Å². The number of hydrogen-bond acceptors (Lipinski definition) is 5. The molecule has 0 spiro atoms. The SMILES string of the molecule is CCCC(CN)c1nc(C2CCCOC2)no1. The van der Waals surface area contributed by atoms with Gasteiger partial charge < -0.3 is 15.0 Å². The fourth-order valence-corrected chi connectivity index (χ4v) is 2.21. The van der Waals surface area contributed by atoms with E-state index >= 15 is 0 Å². The summed E-state index contributed by atoms with van der Waals surface area (Å²) in [5.41, 5.74) is 5.73. The molecule has 96 valence electrons. The van der Waals surface area contributed by atoms with Crippen LogP contribution < -0.4 is 5.73 Å². The highest BCUT2D eigenvalue weighted by Crippen LogP contribution is 2.25. The summed E-state index contributed by atoms with van der Waals surface area (Å²) >= 11 is 0. The van der Waals surface area contributed by atoms with Crippen LogP contribution in [0.15, 0.2) is 4.52 Å². The lowest BCUT2D eigenvalue weighted by atomic mass is 10.0. The monoisotopic (exact) mass is 239 g/mol. The number of nitrogens with two attached hydrogens (primary N) is 1. The van der Waals surface area contributed by atoms with E-state index in [2.05, 4.69) is 17.1 Å². The minimum Gasteiger partial charge on any atom is -0.381 e. The molecule has 0 radical (unpaired) electrons. The molecule has 17 heavy (non-hydrogen) atoms. The van der Waals surface area contributed by atoms with Gasteiger partial charge in [-0.1, -0.05) is 18.5 Å². The molecule has 1 aromatic heterocycles. The molecule has 0 bridgehead atoms. The molecule has 1 aliphatic rings. The molecule has 1 saturated heterocycles. The van der Waals surface area contributed by atoms with Gasteiger partial charge in [-0.05, 0) is 19.3 Å². The maximum Gasteiger partial charge on any atom is 0.231 e. The Morgan fingerprint density at radius 3 is 3.06 bits per heavy atom. The van der Waals surface area contributed by atoms with Crippen LogP contribution in [0.1, 0.15) is 56.2 Å². The molecule has 1 aliphatic heterocycles. The number of ether oxygens (including phenoxy) is 1. The summed E-state index contributed by atoms with van der Waals surface area (Å²) in [6, 6.07) is 0. The number of rotatable bonds is 5. The van der Waals surface area contributed by atoms with Crippen molar-refractivity contribution in [2.45, 2.75) is 44.4 Å². The third-order valence-corrected chi connectivity index (χ3v) is 3.25. The summed E-state index contributed by atoms with van der Waals surface area (Å²) in [4.78, 5) is 4.49. The Morgan fingerprint density at radius 2 is 2.41 bits per heavy atom. The molecule has 0 saturated carbocycles.